The number of halogens is 2. The molecule has 0 unspecified atom stereocenters. The maximum absolute atomic E-state index is 12.7. The summed E-state index contributed by atoms with van der Waals surface area (Å²) in [5.74, 6) is 0.463. The van der Waals surface area contributed by atoms with Gasteiger partial charge in [0.15, 0.2) is 11.2 Å². The lowest BCUT2D eigenvalue weighted by atomic mass is 10.2. The first-order valence-corrected chi connectivity index (χ1v) is 8.96. The van der Waals surface area contributed by atoms with Crippen molar-refractivity contribution in [2.24, 2.45) is 19.2 Å². The summed E-state index contributed by atoms with van der Waals surface area (Å²) in [6.07, 6.45) is 0. The Bertz CT molecular complexity index is 1220. The second-order valence-corrected chi connectivity index (χ2v) is 7.28. The molecular weight excluding hydrogens is 391 g/mol. The third-order valence-corrected chi connectivity index (χ3v) is 5.31. The normalized spacial score (nSPS) is 13.8. The van der Waals surface area contributed by atoms with Crippen molar-refractivity contribution < 1.29 is 0 Å². The first-order valence-electron chi connectivity index (χ1n) is 8.20. The van der Waals surface area contributed by atoms with Gasteiger partial charge in [-0.3, -0.25) is 18.5 Å². The number of rotatable bonds is 2. The van der Waals surface area contributed by atoms with Crippen molar-refractivity contribution in [3.63, 3.8) is 0 Å². The smallest absolute Gasteiger partial charge is 0.297 e. The van der Waals surface area contributed by atoms with Gasteiger partial charge in [0.2, 0.25) is 5.95 Å². The molecule has 1 aliphatic rings. The van der Waals surface area contributed by atoms with Crippen molar-refractivity contribution in [3.05, 3.63) is 54.6 Å². The molecule has 0 aliphatic carbocycles. The molecule has 1 aliphatic heterocycles. The molecule has 0 radical (unpaired) electrons. The predicted octanol–water partition coefficient (Wildman–Crippen LogP) is 2.14. The molecule has 0 amide bonds. The van der Waals surface area contributed by atoms with Crippen molar-refractivity contribution in [1.82, 2.24) is 18.7 Å². The lowest BCUT2D eigenvalue weighted by Gasteiger charge is -2.25. The number of hydrogen-bond donors (Lipinski definition) is 0. The summed E-state index contributed by atoms with van der Waals surface area (Å²) >= 11 is 12.6. The Labute approximate surface area is 163 Å². The molecule has 3 aromatic rings. The van der Waals surface area contributed by atoms with Crippen molar-refractivity contribution >= 4 is 46.0 Å². The maximum atomic E-state index is 12.7. The standard InChI is InChI=1S/C17H16Cl2N6O2/c1-9-7-24-13-14(22(2)17(27)23(3)15(13)26)20-16(24)25(21-9)8-10-11(18)5-4-6-12(10)19/h4-6H,7-8H2,1-3H3. The fourth-order valence-corrected chi connectivity index (χ4v) is 3.75. The fourth-order valence-electron chi connectivity index (χ4n) is 3.23. The van der Waals surface area contributed by atoms with Crippen LogP contribution in [0.3, 0.4) is 0 Å². The van der Waals surface area contributed by atoms with E-state index in [1.165, 1.54) is 11.6 Å². The number of imidazole rings is 1. The summed E-state index contributed by atoms with van der Waals surface area (Å²) in [6.45, 7) is 2.56. The molecule has 8 nitrogen and oxygen atoms in total. The summed E-state index contributed by atoms with van der Waals surface area (Å²) in [5.41, 5.74) is 1.36. The van der Waals surface area contributed by atoms with Crippen LogP contribution in [0.15, 0.2) is 32.9 Å². The molecule has 4 rings (SSSR count). The van der Waals surface area contributed by atoms with Crippen LogP contribution >= 0.6 is 23.2 Å². The van der Waals surface area contributed by atoms with Crippen molar-refractivity contribution in [1.29, 1.82) is 0 Å². The van der Waals surface area contributed by atoms with Gasteiger partial charge in [-0.2, -0.15) is 10.1 Å². The van der Waals surface area contributed by atoms with E-state index < -0.39 is 11.2 Å². The molecule has 140 valence electrons. The van der Waals surface area contributed by atoms with Crippen LogP contribution in [0, 0.1) is 0 Å². The van der Waals surface area contributed by atoms with Gasteiger partial charge in [-0.15, -0.1) is 0 Å². The van der Waals surface area contributed by atoms with E-state index in [9.17, 15) is 9.59 Å². The van der Waals surface area contributed by atoms with E-state index in [1.54, 1.807) is 34.8 Å². The zero-order valence-corrected chi connectivity index (χ0v) is 16.4. The molecule has 2 aromatic heterocycles. The molecule has 0 fully saturated rings. The first kappa shape index (κ1) is 17.8. The Balaban J connectivity index is 1.95. The Hall–Kier alpha value is -2.58. The molecule has 0 N–H and O–H groups in total. The number of benzene rings is 1. The van der Waals surface area contributed by atoms with Crippen LogP contribution in [-0.2, 0) is 27.2 Å². The Morgan fingerprint density at radius 1 is 1.11 bits per heavy atom. The van der Waals surface area contributed by atoms with Gasteiger partial charge in [-0.25, -0.2) is 9.80 Å². The third kappa shape index (κ3) is 2.67. The second kappa shape index (κ2) is 6.24. The minimum absolute atomic E-state index is 0.285. The number of anilines is 1. The van der Waals surface area contributed by atoms with Crippen LogP contribution in [0.25, 0.3) is 11.2 Å². The summed E-state index contributed by atoms with van der Waals surface area (Å²) < 4.78 is 4.20. The minimum atomic E-state index is -0.429. The quantitative estimate of drug-likeness (QED) is 0.652. The largest absolute Gasteiger partial charge is 0.332 e. The Kier molecular flexibility index (Phi) is 4.12. The summed E-state index contributed by atoms with van der Waals surface area (Å²) in [6, 6.07) is 5.28. The molecule has 27 heavy (non-hydrogen) atoms. The van der Waals surface area contributed by atoms with Crippen molar-refractivity contribution in [3.8, 4) is 0 Å². The Morgan fingerprint density at radius 3 is 2.44 bits per heavy atom. The highest BCUT2D eigenvalue weighted by atomic mass is 35.5. The highest BCUT2D eigenvalue weighted by molar-refractivity contribution is 6.36. The van der Waals surface area contributed by atoms with E-state index in [2.05, 4.69) is 10.1 Å². The molecule has 0 saturated carbocycles. The van der Waals surface area contributed by atoms with E-state index in [0.29, 0.717) is 39.3 Å². The maximum Gasteiger partial charge on any atom is 0.332 e. The summed E-state index contributed by atoms with van der Waals surface area (Å²) in [7, 11) is 3.04. The number of fused-ring (bicyclic) bond motifs is 3. The average Bonchev–Trinajstić information content (AvgIpc) is 3.01. The van der Waals surface area contributed by atoms with E-state index in [-0.39, 0.29) is 6.54 Å². The van der Waals surface area contributed by atoms with Crippen molar-refractivity contribution in [2.75, 3.05) is 5.01 Å². The average molecular weight is 407 g/mol. The number of aryl methyl sites for hydroxylation is 1. The Morgan fingerprint density at radius 2 is 1.78 bits per heavy atom. The van der Waals surface area contributed by atoms with Crippen LogP contribution in [0.4, 0.5) is 5.95 Å². The van der Waals surface area contributed by atoms with E-state index in [4.69, 9.17) is 23.2 Å². The zero-order chi connectivity index (χ0) is 19.5. The molecule has 0 bridgehead atoms. The topological polar surface area (TPSA) is 77.4 Å². The first-order chi connectivity index (χ1) is 12.8. The molecule has 1 aromatic carbocycles. The molecule has 0 spiro atoms. The van der Waals surface area contributed by atoms with E-state index in [0.717, 1.165) is 10.3 Å². The number of aromatic nitrogens is 4. The van der Waals surface area contributed by atoms with Gasteiger partial charge in [-0.1, -0.05) is 29.3 Å². The molecule has 0 atom stereocenters. The van der Waals surface area contributed by atoms with Gasteiger partial charge in [0.05, 0.1) is 18.8 Å². The lowest BCUT2D eigenvalue weighted by molar-refractivity contribution is 0.698. The fraction of sp³-hybridized carbons (Fsp3) is 0.294. The van der Waals surface area contributed by atoms with Gasteiger partial charge in [0.1, 0.15) is 0 Å². The highest BCUT2D eigenvalue weighted by Gasteiger charge is 2.27. The van der Waals surface area contributed by atoms with Crippen LogP contribution in [0.5, 0.6) is 0 Å². The van der Waals surface area contributed by atoms with Gasteiger partial charge in [0.25, 0.3) is 5.56 Å². The van der Waals surface area contributed by atoms with Crippen LogP contribution in [-0.4, -0.2) is 24.4 Å². The number of hydrazone groups is 1. The lowest BCUT2D eigenvalue weighted by Crippen LogP contribution is -2.38. The monoisotopic (exact) mass is 406 g/mol. The van der Waals surface area contributed by atoms with Crippen molar-refractivity contribution in [2.45, 2.75) is 20.0 Å². The number of hydrogen-bond acceptors (Lipinski definition) is 5. The van der Waals surface area contributed by atoms with Gasteiger partial charge in [-0.05, 0) is 19.1 Å². The van der Waals surface area contributed by atoms with E-state index >= 15 is 0 Å². The molecule has 3 heterocycles. The third-order valence-electron chi connectivity index (χ3n) is 4.61. The minimum Gasteiger partial charge on any atom is -0.297 e. The summed E-state index contributed by atoms with van der Waals surface area (Å²) in [4.78, 5) is 29.5. The van der Waals surface area contributed by atoms with Crippen LogP contribution in [0.1, 0.15) is 12.5 Å². The number of nitrogens with zero attached hydrogens (tertiary/aromatic N) is 6. The predicted molar refractivity (Wildman–Crippen MR) is 106 cm³/mol. The van der Waals surface area contributed by atoms with Gasteiger partial charge in [0, 0.05) is 29.7 Å². The van der Waals surface area contributed by atoms with Gasteiger partial charge < -0.3 is 0 Å². The van der Waals surface area contributed by atoms with Crippen LogP contribution < -0.4 is 16.3 Å². The van der Waals surface area contributed by atoms with Gasteiger partial charge >= 0.3 is 5.69 Å². The summed E-state index contributed by atoms with van der Waals surface area (Å²) in [5, 5.41) is 7.24. The SMILES string of the molecule is CC1=NN(Cc2c(Cl)cccc2Cl)c2nc3c(c(=O)n(C)c(=O)n3C)n2C1. The highest BCUT2D eigenvalue weighted by Crippen LogP contribution is 2.30. The molecule has 0 saturated heterocycles. The molecular formula is C17H16Cl2N6O2. The van der Waals surface area contributed by atoms with Crippen LogP contribution in [0.2, 0.25) is 10.0 Å². The second-order valence-electron chi connectivity index (χ2n) is 6.47. The van der Waals surface area contributed by atoms with E-state index in [1.807, 2.05) is 6.92 Å². The molecule has 10 heteroatoms. The zero-order valence-electron chi connectivity index (χ0n) is 14.9.